The summed E-state index contributed by atoms with van der Waals surface area (Å²) in [6.45, 7) is 4.82. The number of hydrogen-bond acceptors (Lipinski definition) is 3. The molecule has 0 aliphatic carbocycles. The minimum absolute atomic E-state index is 0.250. The fraction of sp³-hybridized carbons (Fsp3) is 0.667. The van der Waals surface area contributed by atoms with Gasteiger partial charge in [-0.15, -0.1) is 0 Å². The second-order valence-electron chi connectivity index (χ2n) is 3.19. The van der Waals surface area contributed by atoms with E-state index in [9.17, 15) is 4.79 Å². The predicted molar refractivity (Wildman–Crippen MR) is 47.5 cm³/mol. The third-order valence-corrected chi connectivity index (χ3v) is 2.34. The second-order valence-corrected chi connectivity index (χ2v) is 3.19. The maximum atomic E-state index is 9.99. The molecule has 0 aromatic heterocycles. The van der Waals surface area contributed by atoms with Crippen molar-refractivity contribution in [3.05, 3.63) is 12.3 Å². The van der Waals surface area contributed by atoms with Crippen molar-refractivity contribution in [2.75, 3.05) is 13.6 Å². The van der Waals surface area contributed by atoms with Crippen LogP contribution in [0.2, 0.25) is 0 Å². The molecule has 66 valence electrons. The van der Waals surface area contributed by atoms with Gasteiger partial charge >= 0.3 is 0 Å². The van der Waals surface area contributed by atoms with Gasteiger partial charge in [0.25, 0.3) is 0 Å². The van der Waals surface area contributed by atoms with E-state index in [1.165, 1.54) is 18.9 Å². The van der Waals surface area contributed by atoms with E-state index in [4.69, 9.17) is 0 Å². The molecule has 1 aliphatic heterocycles. The van der Waals surface area contributed by atoms with Crippen molar-refractivity contribution < 1.29 is 4.79 Å². The number of likely N-dealkylation sites (tertiary alicyclic amines) is 1. The Bertz CT molecular complexity index is 219. The molecule has 0 N–H and O–H groups in total. The van der Waals surface area contributed by atoms with Crippen molar-refractivity contribution in [2.24, 2.45) is 4.99 Å². The standard InChI is InChI=1S/C9H14N2O/c1-8(10-7-12)9-5-3-4-6-11(9)2/h9H,1,3-6H2,2H3. The molecule has 0 aromatic rings. The fourth-order valence-corrected chi connectivity index (χ4v) is 1.63. The lowest BCUT2D eigenvalue weighted by Gasteiger charge is -2.31. The number of aliphatic imine (C=N–C) groups is 1. The fourth-order valence-electron chi connectivity index (χ4n) is 1.63. The summed E-state index contributed by atoms with van der Waals surface area (Å²) in [6.07, 6.45) is 5.01. The Balaban J connectivity index is 2.59. The highest BCUT2D eigenvalue weighted by Crippen LogP contribution is 2.20. The number of nitrogens with zero attached hydrogens (tertiary/aromatic N) is 2. The topological polar surface area (TPSA) is 32.7 Å². The Labute approximate surface area is 72.8 Å². The van der Waals surface area contributed by atoms with Gasteiger partial charge < -0.3 is 0 Å². The molecule has 1 rings (SSSR count). The first-order chi connectivity index (χ1) is 5.75. The first kappa shape index (κ1) is 9.17. The van der Waals surface area contributed by atoms with Gasteiger partial charge in [-0.3, -0.25) is 4.90 Å². The molecule has 1 unspecified atom stereocenters. The van der Waals surface area contributed by atoms with Crippen LogP contribution in [0.1, 0.15) is 19.3 Å². The van der Waals surface area contributed by atoms with Crippen LogP contribution in [-0.4, -0.2) is 30.6 Å². The van der Waals surface area contributed by atoms with Crippen LogP contribution in [-0.2, 0) is 4.79 Å². The van der Waals surface area contributed by atoms with Crippen LogP contribution in [0.5, 0.6) is 0 Å². The highest BCUT2D eigenvalue weighted by atomic mass is 16.1. The number of piperidine rings is 1. The van der Waals surface area contributed by atoms with Crippen molar-refractivity contribution in [1.29, 1.82) is 0 Å². The SMILES string of the molecule is C=C(N=C=O)C1CCCCN1C. The Morgan fingerprint density at radius 2 is 2.42 bits per heavy atom. The monoisotopic (exact) mass is 166 g/mol. The summed E-state index contributed by atoms with van der Waals surface area (Å²) in [5.74, 6) is 0. The molecule has 1 heterocycles. The van der Waals surface area contributed by atoms with Gasteiger partial charge in [-0.25, -0.2) is 4.79 Å². The van der Waals surface area contributed by atoms with Crippen LogP contribution in [0.4, 0.5) is 0 Å². The molecule has 1 aliphatic rings. The largest absolute Gasteiger partial charge is 0.298 e. The smallest absolute Gasteiger partial charge is 0.240 e. The van der Waals surface area contributed by atoms with Crippen molar-refractivity contribution in [3.63, 3.8) is 0 Å². The molecule has 0 amide bonds. The minimum Gasteiger partial charge on any atom is -0.298 e. The van der Waals surface area contributed by atoms with Crippen molar-refractivity contribution in [2.45, 2.75) is 25.3 Å². The molecule has 1 saturated heterocycles. The van der Waals surface area contributed by atoms with E-state index in [-0.39, 0.29) is 6.04 Å². The minimum atomic E-state index is 0.250. The first-order valence-electron chi connectivity index (χ1n) is 4.22. The zero-order chi connectivity index (χ0) is 8.97. The van der Waals surface area contributed by atoms with Gasteiger partial charge in [0.1, 0.15) is 0 Å². The molecule has 3 heteroatoms. The molecule has 1 atom stereocenters. The Kier molecular flexibility index (Phi) is 3.20. The van der Waals surface area contributed by atoms with E-state index in [1.807, 2.05) is 7.05 Å². The first-order valence-corrected chi connectivity index (χ1v) is 4.22. The molecule has 0 radical (unpaired) electrons. The highest BCUT2D eigenvalue weighted by Gasteiger charge is 2.20. The molecular weight excluding hydrogens is 152 g/mol. The summed E-state index contributed by atoms with van der Waals surface area (Å²) in [5, 5.41) is 0. The molecular formula is C9H14N2O. The lowest BCUT2D eigenvalue weighted by Crippen LogP contribution is -2.36. The number of hydrogen-bond donors (Lipinski definition) is 0. The van der Waals surface area contributed by atoms with Crippen LogP contribution in [0.15, 0.2) is 17.3 Å². The number of likely N-dealkylation sites (N-methyl/N-ethyl adjacent to an activating group) is 1. The average Bonchev–Trinajstić information content (AvgIpc) is 2.05. The van der Waals surface area contributed by atoms with Gasteiger partial charge in [0.2, 0.25) is 6.08 Å². The highest BCUT2D eigenvalue weighted by molar-refractivity contribution is 5.37. The zero-order valence-corrected chi connectivity index (χ0v) is 7.42. The molecule has 0 bridgehead atoms. The van der Waals surface area contributed by atoms with E-state index in [1.54, 1.807) is 0 Å². The number of rotatable bonds is 2. The zero-order valence-electron chi connectivity index (χ0n) is 7.42. The summed E-state index contributed by atoms with van der Waals surface area (Å²) < 4.78 is 0. The van der Waals surface area contributed by atoms with Crippen LogP contribution in [0.25, 0.3) is 0 Å². The van der Waals surface area contributed by atoms with Crippen LogP contribution < -0.4 is 0 Å². The summed E-state index contributed by atoms with van der Waals surface area (Å²) in [5.41, 5.74) is 0.646. The van der Waals surface area contributed by atoms with Gasteiger partial charge in [0.15, 0.2) is 0 Å². The lowest BCUT2D eigenvalue weighted by molar-refractivity contribution is 0.212. The average molecular weight is 166 g/mol. The van der Waals surface area contributed by atoms with Crippen molar-refractivity contribution in [1.82, 2.24) is 4.90 Å². The van der Waals surface area contributed by atoms with Crippen molar-refractivity contribution in [3.8, 4) is 0 Å². The molecule has 0 aromatic carbocycles. The van der Waals surface area contributed by atoms with Crippen LogP contribution >= 0.6 is 0 Å². The van der Waals surface area contributed by atoms with E-state index in [0.717, 1.165) is 13.0 Å². The Morgan fingerprint density at radius 3 is 3.00 bits per heavy atom. The maximum absolute atomic E-state index is 9.99. The van der Waals surface area contributed by atoms with Gasteiger partial charge in [-0.2, -0.15) is 4.99 Å². The lowest BCUT2D eigenvalue weighted by atomic mass is 10.0. The summed E-state index contributed by atoms with van der Waals surface area (Å²) in [4.78, 5) is 15.7. The van der Waals surface area contributed by atoms with Crippen LogP contribution in [0.3, 0.4) is 0 Å². The molecule has 3 nitrogen and oxygen atoms in total. The van der Waals surface area contributed by atoms with E-state index < -0.39 is 0 Å². The van der Waals surface area contributed by atoms with E-state index >= 15 is 0 Å². The quantitative estimate of drug-likeness (QED) is 0.458. The molecule has 12 heavy (non-hydrogen) atoms. The van der Waals surface area contributed by atoms with Gasteiger partial charge in [0.05, 0.1) is 11.7 Å². The Hall–Kier alpha value is -0.920. The van der Waals surface area contributed by atoms with Crippen molar-refractivity contribution >= 4 is 6.08 Å². The number of isocyanates is 1. The molecule has 0 saturated carbocycles. The normalized spacial score (nSPS) is 24.6. The van der Waals surface area contributed by atoms with Crippen LogP contribution in [0, 0.1) is 0 Å². The third kappa shape index (κ3) is 2.03. The third-order valence-electron chi connectivity index (χ3n) is 2.34. The van der Waals surface area contributed by atoms with Gasteiger partial charge in [-0.1, -0.05) is 13.0 Å². The van der Waals surface area contributed by atoms with E-state index in [0.29, 0.717) is 5.70 Å². The van der Waals surface area contributed by atoms with E-state index in [2.05, 4.69) is 16.5 Å². The molecule has 1 fully saturated rings. The number of carbonyl (C=O) groups excluding carboxylic acids is 1. The molecule has 0 spiro atoms. The maximum Gasteiger partial charge on any atom is 0.240 e. The summed E-state index contributed by atoms with van der Waals surface area (Å²) in [6, 6.07) is 0.250. The van der Waals surface area contributed by atoms with Gasteiger partial charge in [0, 0.05) is 0 Å². The summed E-state index contributed by atoms with van der Waals surface area (Å²) in [7, 11) is 2.04. The predicted octanol–water partition coefficient (Wildman–Crippen LogP) is 1.32. The summed E-state index contributed by atoms with van der Waals surface area (Å²) >= 11 is 0. The van der Waals surface area contributed by atoms with Gasteiger partial charge in [-0.05, 0) is 26.4 Å². The Morgan fingerprint density at radius 1 is 1.67 bits per heavy atom. The second kappa shape index (κ2) is 4.19.